The van der Waals surface area contributed by atoms with Crippen LogP contribution in [0, 0.1) is 6.92 Å². The zero-order valence-corrected chi connectivity index (χ0v) is 19.9. The molecule has 1 aliphatic rings. The van der Waals surface area contributed by atoms with E-state index in [1.165, 1.54) is 11.3 Å². The van der Waals surface area contributed by atoms with E-state index in [2.05, 4.69) is 59.7 Å². The van der Waals surface area contributed by atoms with Gasteiger partial charge < -0.3 is 20.4 Å². The van der Waals surface area contributed by atoms with Gasteiger partial charge in [-0.3, -0.25) is 4.79 Å². The maximum atomic E-state index is 12.2. The van der Waals surface area contributed by atoms with Gasteiger partial charge in [0, 0.05) is 20.1 Å². The maximum Gasteiger partial charge on any atom is 0.230 e. The summed E-state index contributed by atoms with van der Waals surface area (Å²) in [6.07, 6.45) is 0.889. The summed E-state index contributed by atoms with van der Waals surface area (Å²) < 4.78 is 0. The van der Waals surface area contributed by atoms with Crippen molar-refractivity contribution >= 4 is 52.2 Å². The van der Waals surface area contributed by atoms with Gasteiger partial charge in [0.15, 0.2) is 0 Å². The highest BCUT2D eigenvalue weighted by molar-refractivity contribution is 8.00. The number of aryl methyl sites for hydroxylation is 1. The number of hydrogen-bond acceptors (Lipinski definition) is 5. The molecule has 0 fully saturated rings. The molecule has 0 aliphatic carbocycles. The van der Waals surface area contributed by atoms with Crippen LogP contribution in [0.2, 0.25) is 10.0 Å². The van der Waals surface area contributed by atoms with Crippen molar-refractivity contribution in [3.63, 3.8) is 0 Å². The predicted octanol–water partition coefficient (Wildman–Crippen LogP) is 4.82. The van der Waals surface area contributed by atoms with Crippen LogP contribution < -0.4 is 15.5 Å². The molecule has 1 unspecified atom stereocenters. The number of rotatable bonds is 9. The van der Waals surface area contributed by atoms with Gasteiger partial charge in [0.25, 0.3) is 0 Å². The normalized spacial score (nSPS) is 15.3. The lowest BCUT2D eigenvalue weighted by molar-refractivity contribution is -0.118. The molecule has 0 spiro atoms. The van der Waals surface area contributed by atoms with Gasteiger partial charge in [-0.05, 0) is 62.3 Å². The fraction of sp³-hybridized carbons (Fsp3) is 0.409. The highest BCUT2D eigenvalue weighted by atomic mass is 35.5. The molecule has 3 rings (SSSR count). The van der Waals surface area contributed by atoms with E-state index in [0.29, 0.717) is 22.3 Å². The molecule has 1 atom stereocenters. The number of carbonyl (C=O) groups is 1. The monoisotopic (exact) mass is 466 g/mol. The Morgan fingerprint density at radius 1 is 1.23 bits per heavy atom. The Morgan fingerprint density at radius 2 is 2.03 bits per heavy atom. The van der Waals surface area contributed by atoms with E-state index in [1.54, 1.807) is 11.8 Å². The van der Waals surface area contributed by atoms with Gasteiger partial charge in [-0.2, -0.15) is 0 Å². The molecule has 2 N–H and O–H groups in total. The van der Waals surface area contributed by atoms with Crippen molar-refractivity contribution in [1.82, 2.24) is 10.2 Å². The molecule has 2 aromatic rings. The van der Waals surface area contributed by atoms with Gasteiger partial charge in [0.05, 0.1) is 27.2 Å². The van der Waals surface area contributed by atoms with Crippen LogP contribution in [0.15, 0.2) is 36.4 Å². The van der Waals surface area contributed by atoms with Crippen molar-refractivity contribution in [3.8, 4) is 0 Å². The minimum Gasteiger partial charge on any atom is -0.355 e. The quantitative estimate of drug-likeness (QED) is 0.518. The molecule has 0 aromatic heterocycles. The number of thioether (sulfide) groups is 1. The molecule has 5 nitrogen and oxygen atoms in total. The topological polar surface area (TPSA) is 47.6 Å². The summed E-state index contributed by atoms with van der Waals surface area (Å²) in [7, 11) is 4.11. The number of anilines is 2. The molecular weight excluding hydrogens is 439 g/mol. The molecular formula is C22H28Cl2N4OS. The van der Waals surface area contributed by atoms with Crippen LogP contribution in [-0.4, -0.2) is 49.2 Å². The van der Waals surface area contributed by atoms with E-state index in [1.807, 2.05) is 18.2 Å². The molecule has 162 valence electrons. The molecule has 0 saturated carbocycles. The van der Waals surface area contributed by atoms with Crippen LogP contribution in [0.1, 0.15) is 17.5 Å². The van der Waals surface area contributed by atoms with Crippen LogP contribution in [0.5, 0.6) is 0 Å². The zero-order valence-electron chi connectivity index (χ0n) is 17.5. The Kier molecular flexibility index (Phi) is 8.17. The first-order chi connectivity index (χ1) is 14.3. The minimum atomic E-state index is 0.0643. The van der Waals surface area contributed by atoms with Gasteiger partial charge >= 0.3 is 0 Å². The summed E-state index contributed by atoms with van der Waals surface area (Å²) in [6, 6.07) is 12.1. The molecule has 1 heterocycles. The van der Waals surface area contributed by atoms with Crippen molar-refractivity contribution in [1.29, 1.82) is 0 Å². The highest BCUT2D eigenvalue weighted by Gasteiger charge is 2.26. The number of nitrogens with one attached hydrogen (secondary N) is 2. The van der Waals surface area contributed by atoms with Crippen molar-refractivity contribution in [3.05, 3.63) is 57.6 Å². The molecule has 2 aromatic carbocycles. The second-order valence-corrected chi connectivity index (χ2v) is 9.51. The van der Waals surface area contributed by atoms with Gasteiger partial charge in [-0.15, -0.1) is 11.8 Å². The molecule has 1 amide bonds. The zero-order chi connectivity index (χ0) is 21.7. The summed E-state index contributed by atoms with van der Waals surface area (Å²) in [5.41, 5.74) is 4.72. The van der Waals surface area contributed by atoms with E-state index in [4.69, 9.17) is 23.2 Å². The van der Waals surface area contributed by atoms with E-state index >= 15 is 0 Å². The van der Waals surface area contributed by atoms with E-state index in [-0.39, 0.29) is 11.4 Å². The number of fused-ring (bicyclic) bond motifs is 1. The Labute approximate surface area is 193 Å². The molecule has 0 saturated heterocycles. The van der Waals surface area contributed by atoms with Crippen LogP contribution in [0.3, 0.4) is 0 Å². The Hall–Kier alpha value is -1.60. The van der Waals surface area contributed by atoms with E-state index in [0.717, 1.165) is 30.8 Å². The second-order valence-electron chi connectivity index (χ2n) is 7.63. The first-order valence-electron chi connectivity index (χ1n) is 9.94. The fourth-order valence-electron chi connectivity index (χ4n) is 3.38. The van der Waals surface area contributed by atoms with Crippen LogP contribution >= 0.6 is 35.0 Å². The van der Waals surface area contributed by atoms with Crippen LogP contribution in [0.4, 0.5) is 11.4 Å². The lowest BCUT2D eigenvalue weighted by Crippen LogP contribution is -2.33. The second kappa shape index (κ2) is 10.6. The summed E-state index contributed by atoms with van der Waals surface area (Å²) >= 11 is 13.6. The third-order valence-electron chi connectivity index (χ3n) is 5.01. The number of benzene rings is 2. The van der Waals surface area contributed by atoms with Crippen molar-refractivity contribution in [2.24, 2.45) is 0 Å². The number of carbonyl (C=O) groups excluding carboxylic acids is 1. The van der Waals surface area contributed by atoms with Crippen LogP contribution in [-0.2, 0) is 11.3 Å². The average molecular weight is 467 g/mol. The first kappa shape index (κ1) is 23.1. The smallest absolute Gasteiger partial charge is 0.230 e. The molecule has 8 heteroatoms. The van der Waals surface area contributed by atoms with E-state index < -0.39 is 0 Å². The Morgan fingerprint density at radius 3 is 2.80 bits per heavy atom. The Balaban J connectivity index is 1.32. The molecule has 0 radical (unpaired) electrons. The SMILES string of the molecule is Cc1ccc2c(c1)N(C)C(SCC(=O)NCCCN(C)Cc1ccc(Cl)c(Cl)c1)N2. The summed E-state index contributed by atoms with van der Waals surface area (Å²) in [6.45, 7) is 4.43. The van der Waals surface area contributed by atoms with Gasteiger partial charge in [-0.25, -0.2) is 0 Å². The third-order valence-corrected chi connectivity index (χ3v) is 6.93. The number of nitrogens with zero attached hydrogens (tertiary/aromatic N) is 2. The largest absolute Gasteiger partial charge is 0.355 e. The average Bonchev–Trinajstić information content (AvgIpc) is 3.02. The van der Waals surface area contributed by atoms with Crippen molar-refractivity contribution in [2.75, 3.05) is 43.2 Å². The standard InChI is InChI=1S/C22H28Cl2N4OS/c1-15-5-8-19-20(11-15)28(3)22(26-19)30-14-21(29)25-9-4-10-27(2)13-16-6-7-17(23)18(24)12-16/h5-8,11-12,22,26H,4,9-10,13-14H2,1-3H3,(H,25,29). The number of hydrogen-bond donors (Lipinski definition) is 2. The lowest BCUT2D eigenvalue weighted by atomic mass is 10.2. The third kappa shape index (κ3) is 6.20. The van der Waals surface area contributed by atoms with Gasteiger partial charge in [0.1, 0.15) is 5.50 Å². The minimum absolute atomic E-state index is 0.0643. The predicted molar refractivity (Wildman–Crippen MR) is 130 cm³/mol. The van der Waals surface area contributed by atoms with E-state index in [9.17, 15) is 4.79 Å². The fourth-order valence-corrected chi connectivity index (χ4v) is 4.66. The lowest BCUT2D eigenvalue weighted by Gasteiger charge is -2.21. The molecule has 30 heavy (non-hydrogen) atoms. The van der Waals surface area contributed by atoms with Crippen molar-refractivity contribution < 1.29 is 4.79 Å². The Bertz CT molecular complexity index is 895. The molecule has 0 bridgehead atoms. The summed E-state index contributed by atoms with van der Waals surface area (Å²) in [5.74, 6) is 0.489. The number of halogens is 2. The van der Waals surface area contributed by atoms with Crippen molar-refractivity contribution in [2.45, 2.75) is 25.4 Å². The van der Waals surface area contributed by atoms with Gasteiger partial charge in [0.2, 0.25) is 5.91 Å². The summed E-state index contributed by atoms with van der Waals surface area (Å²) in [4.78, 5) is 16.6. The summed E-state index contributed by atoms with van der Waals surface area (Å²) in [5, 5.41) is 7.63. The first-order valence-corrected chi connectivity index (χ1v) is 11.7. The number of amides is 1. The van der Waals surface area contributed by atoms with Gasteiger partial charge in [-0.1, -0.05) is 35.3 Å². The maximum absolute atomic E-state index is 12.2. The highest BCUT2D eigenvalue weighted by Crippen LogP contribution is 2.37. The van der Waals surface area contributed by atoms with Crippen LogP contribution in [0.25, 0.3) is 0 Å². The molecule has 1 aliphatic heterocycles.